The number of aliphatic carboxylic acids is 1. The summed E-state index contributed by atoms with van der Waals surface area (Å²) in [6.45, 7) is 0. The lowest BCUT2D eigenvalue weighted by Gasteiger charge is -2.32. The number of amides is 1. The number of hydrogen-bond acceptors (Lipinski definition) is 5. The van der Waals surface area contributed by atoms with Gasteiger partial charge in [0.1, 0.15) is 22.5 Å². The Morgan fingerprint density at radius 3 is 2.81 bits per heavy atom. The minimum absolute atomic E-state index is 0.0174. The Morgan fingerprint density at radius 2 is 2.04 bits per heavy atom. The summed E-state index contributed by atoms with van der Waals surface area (Å²) in [5.74, 6) is -0.203. The van der Waals surface area contributed by atoms with Gasteiger partial charge >= 0.3 is 5.97 Å². The second kappa shape index (κ2) is 7.31. The first-order valence-corrected chi connectivity index (χ1v) is 10.1. The maximum absolute atomic E-state index is 13.2. The van der Waals surface area contributed by atoms with Gasteiger partial charge in [-0.25, -0.2) is 9.78 Å². The van der Waals surface area contributed by atoms with E-state index in [1.54, 1.807) is 17.4 Å². The van der Waals surface area contributed by atoms with Gasteiger partial charge in [0.05, 0.1) is 12.7 Å². The van der Waals surface area contributed by atoms with Gasteiger partial charge in [0.2, 0.25) is 0 Å². The van der Waals surface area contributed by atoms with Crippen molar-refractivity contribution < 1.29 is 19.4 Å². The van der Waals surface area contributed by atoms with E-state index in [-0.39, 0.29) is 17.9 Å². The van der Waals surface area contributed by atoms with Crippen molar-refractivity contribution in [2.45, 2.75) is 44.2 Å². The molecule has 1 aliphatic carbocycles. The van der Waals surface area contributed by atoms with E-state index in [2.05, 4.69) is 4.98 Å². The van der Waals surface area contributed by atoms with Crippen LogP contribution >= 0.6 is 11.3 Å². The molecule has 1 saturated carbocycles. The highest BCUT2D eigenvalue weighted by Crippen LogP contribution is 2.41. The second-order valence-electron chi connectivity index (χ2n) is 7.15. The SMILES string of the molecule is COc1ccccc1-c1nc(C(=O)N2[C@@H]3CCCC[C@@H]3C[C@H]2C(=O)O)cs1. The number of carbonyl (C=O) groups excluding carboxylic acids is 1. The Kier molecular flexibility index (Phi) is 4.86. The van der Waals surface area contributed by atoms with E-state index < -0.39 is 12.0 Å². The monoisotopic (exact) mass is 386 g/mol. The van der Waals surface area contributed by atoms with Gasteiger partial charge in [-0.15, -0.1) is 11.3 Å². The standard InChI is InChI=1S/C20H22N2O4S/c1-26-17-9-5-3-7-13(17)18-21-14(11-27-18)19(23)22-15-8-4-2-6-12(15)10-16(22)20(24)25/h3,5,7,9,11-12,15-16H,2,4,6,8,10H2,1H3,(H,24,25)/t12-,15-,16+/m1/s1. The fraction of sp³-hybridized carbons (Fsp3) is 0.450. The molecule has 2 aliphatic rings. The van der Waals surface area contributed by atoms with Crippen molar-refractivity contribution in [3.05, 3.63) is 35.3 Å². The first-order valence-electron chi connectivity index (χ1n) is 9.24. The highest BCUT2D eigenvalue weighted by atomic mass is 32.1. The first kappa shape index (κ1) is 18.0. The topological polar surface area (TPSA) is 79.7 Å². The van der Waals surface area contributed by atoms with Gasteiger partial charge in [0.25, 0.3) is 5.91 Å². The summed E-state index contributed by atoms with van der Waals surface area (Å²) >= 11 is 1.37. The molecule has 6 nitrogen and oxygen atoms in total. The highest BCUT2D eigenvalue weighted by molar-refractivity contribution is 7.13. The fourth-order valence-electron chi connectivity index (χ4n) is 4.42. The van der Waals surface area contributed by atoms with Crippen LogP contribution in [-0.2, 0) is 4.79 Å². The number of nitrogens with zero attached hydrogens (tertiary/aromatic N) is 2. The number of aromatic nitrogens is 1. The molecular weight excluding hydrogens is 364 g/mol. The maximum atomic E-state index is 13.2. The average Bonchev–Trinajstić information content (AvgIpc) is 3.32. The Bertz CT molecular complexity index is 865. The summed E-state index contributed by atoms with van der Waals surface area (Å²) in [6, 6.07) is 6.80. The molecule has 3 atom stereocenters. The van der Waals surface area contributed by atoms with Gasteiger partial charge in [-0.05, 0) is 37.3 Å². The van der Waals surface area contributed by atoms with Gasteiger partial charge < -0.3 is 14.7 Å². The third-order valence-corrected chi connectivity index (χ3v) is 6.54. The Labute approximate surface area is 161 Å². The number of thiazole rings is 1. The first-order chi connectivity index (χ1) is 13.1. The highest BCUT2D eigenvalue weighted by Gasteiger charge is 2.48. The lowest BCUT2D eigenvalue weighted by Crippen LogP contribution is -2.46. The summed E-state index contributed by atoms with van der Waals surface area (Å²) < 4.78 is 5.38. The lowest BCUT2D eigenvalue weighted by atomic mass is 9.84. The molecule has 1 aromatic carbocycles. The molecule has 2 fully saturated rings. The van der Waals surface area contributed by atoms with Crippen molar-refractivity contribution in [3.8, 4) is 16.3 Å². The molecule has 142 valence electrons. The number of methoxy groups -OCH3 is 1. The summed E-state index contributed by atoms with van der Waals surface area (Å²) in [5.41, 5.74) is 1.15. The predicted octanol–water partition coefficient (Wildman–Crippen LogP) is 3.68. The predicted molar refractivity (Wildman–Crippen MR) is 102 cm³/mol. The van der Waals surface area contributed by atoms with Crippen LogP contribution in [-0.4, -0.2) is 46.1 Å². The van der Waals surface area contributed by atoms with Crippen LogP contribution in [0.25, 0.3) is 10.6 Å². The minimum atomic E-state index is -0.919. The number of ether oxygens (including phenoxy) is 1. The van der Waals surface area contributed by atoms with Crippen molar-refractivity contribution in [2.75, 3.05) is 7.11 Å². The van der Waals surface area contributed by atoms with Gasteiger partial charge in [-0.3, -0.25) is 4.79 Å². The van der Waals surface area contributed by atoms with E-state index in [1.807, 2.05) is 24.3 Å². The van der Waals surface area contributed by atoms with Crippen LogP contribution in [0.4, 0.5) is 0 Å². The van der Waals surface area contributed by atoms with E-state index in [9.17, 15) is 14.7 Å². The normalized spacial score (nSPS) is 24.5. The van der Waals surface area contributed by atoms with Crippen molar-refractivity contribution in [1.82, 2.24) is 9.88 Å². The van der Waals surface area contributed by atoms with Crippen LogP contribution in [0, 0.1) is 5.92 Å². The molecule has 1 N–H and O–H groups in total. The number of rotatable bonds is 4. The van der Waals surface area contributed by atoms with Crippen LogP contribution in [0.2, 0.25) is 0 Å². The number of likely N-dealkylation sites (tertiary alicyclic amines) is 1. The average molecular weight is 386 g/mol. The number of fused-ring (bicyclic) bond motifs is 1. The van der Waals surface area contributed by atoms with E-state index in [1.165, 1.54) is 11.3 Å². The van der Waals surface area contributed by atoms with Crippen molar-refractivity contribution in [1.29, 1.82) is 0 Å². The molecule has 1 aliphatic heterocycles. The number of carboxylic acids is 1. The molecule has 2 heterocycles. The van der Waals surface area contributed by atoms with Crippen molar-refractivity contribution in [2.24, 2.45) is 5.92 Å². The summed E-state index contributed by atoms with van der Waals surface area (Å²) in [7, 11) is 1.60. The van der Waals surface area contributed by atoms with Gasteiger partial charge in [0.15, 0.2) is 0 Å². The molecule has 0 unspecified atom stereocenters. The van der Waals surface area contributed by atoms with E-state index >= 15 is 0 Å². The quantitative estimate of drug-likeness (QED) is 0.867. The van der Waals surface area contributed by atoms with E-state index in [0.717, 1.165) is 31.2 Å². The number of carboxylic acid groups (broad SMARTS) is 1. The van der Waals surface area contributed by atoms with E-state index in [0.29, 0.717) is 22.9 Å². The van der Waals surface area contributed by atoms with Crippen LogP contribution < -0.4 is 4.74 Å². The summed E-state index contributed by atoms with van der Waals surface area (Å²) in [5, 5.41) is 12.1. The molecule has 0 bridgehead atoms. The molecular formula is C20H22N2O4S. The molecule has 7 heteroatoms. The largest absolute Gasteiger partial charge is 0.496 e. The van der Waals surface area contributed by atoms with Crippen molar-refractivity contribution in [3.63, 3.8) is 0 Å². The molecule has 1 aromatic heterocycles. The Balaban J connectivity index is 1.64. The number of carbonyl (C=O) groups is 2. The third-order valence-electron chi connectivity index (χ3n) is 5.67. The summed E-state index contributed by atoms with van der Waals surface area (Å²) in [4.78, 5) is 31.1. The van der Waals surface area contributed by atoms with Crippen molar-refractivity contribution >= 4 is 23.2 Å². The second-order valence-corrected chi connectivity index (χ2v) is 8.01. The third kappa shape index (κ3) is 3.20. The van der Waals surface area contributed by atoms with Crippen LogP contribution in [0.5, 0.6) is 5.75 Å². The minimum Gasteiger partial charge on any atom is -0.496 e. The smallest absolute Gasteiger partial charge is 0.326 e. The van der Waals surface area contributed by atoms with Gasteiger partial charge in [-0.1, -0.05) is 25.0 Å². The molecule has 1 amide bonds. The van der Waals surface area contributed by atoms with E-state index in [4.69, 9.17) is 4.74 Å². The zero-order valence-corrected chi connectivity index (χ0v) is 15.9. The zero-order valence-electron chi connectivity index (χ0n) is 15.1. The van der Waals surface area contributed by atoms with Crippen LogP contribution in [0.3, 0.4) is 0 Å². The van der Waals surface area contributed by atoms with Gasteiger partial charge in [0, 0.05) is 11.4 Å². The maximum Gasteiger partial charge on any atom is 0.326 e. The Hall–Kier alpha value is -2.41. The zero-order chi connectivity index (χ0) is 19.0. The fourth-order valence-corrected chi connectivity index (χ4v) is 5.25. The molecule has 27 heavy (non-hydrogen) atoms. The summed E-state index contributed by atoms with van der Waals surface area (Å²) in [6.07, 6.45) is 4.59. The number of benzene rings is 1. The lowest BCUT2D eigenvalue weighted by molar-refractivity contribution is -0.141. The molecule has 1 saturated heterocycles. The molecule has 0 radical (unpaired) electrons. The van der Waals surface area contributed by atoms with Crippen LogP contribution in [0.15, 0.2) is 29.6 Å². The van der Waals surface area contributed by atoms with Crippen LogP contribution in [0.1, 0.15) is 42.6 Å². The molecule has 0 spiro atoms. The Morgan fingerprint density at radius 1 is 1.26 bits per heavy atom. The number of hydrogen-bond donors (Lipinski definition) is 1. The number of para-hydroxylation sites is 1. The molecule has 2 aromatic rings. The van der Waals surface area contributed by atoms with Gasteiger partial charge in [-0.2, -0.15) is 0 Å². The molecule has 4 rings (SSSR count).